The van der Waals surface area contributed by atoms with Gasteiger partial charge in [0, 0.05) is 0 Å². The smallest absolute Gasteiger partial charge is 0.333 e. The lowest BCUT2D eigenvalue weighted by molar-refractivity contribution is -0.133. The Morgan fingerprint density at radius 1 is 0.914 bits per heavy atom. The van der Waals surface area contributed by atoms with Crippen LogP contribution in [0.5, 0.6) is 0 Å². The van der Waals surface area contributed by atoms with Crippen LogP contribution in [-0.2, 0) is 14.8 Å². The molecule has 35 heavy (non-hydrogen) atoms. The van der Waals surface area contributed by atoms with E-state index in [4.69, 9.17) is 0 Å². The van der Waals surface area contributed by atoms with Gasteiger partial charge in [0.05, 0.1) is 22.6 Å². The maximum absolute atomic E-state index is 14.2. The number of carboxylic acids is 1. The van der Waals surface area contributed by atoms with Crippen molar-refractivity contribution in [3.8, 4) is 0 Å². The molecule has 0 saturated heterocycles. The minimum atomic E-state index is -4.05. The maximum atomic E-state index is 14.2. The average Bonchev–Trinajstić information content (AvgIpc) is 2.83. The van der Waals surface area contributed by atoms with Gasteiger partial charge in [-0.2, -0.15) is 4.31 Å². The van der Waals surface area contributed by atoms with Gasteiger partial charge in [-0.25, -0.2) is 13.2 Å². The number of hydrogen-bond acceptors (Lipinski definition) is 3. The minimum Gasteiger partial charge on any atom is -0.478 e. The van der Waals surface area contributed by atoms with Crippen LogP contribution in [0.25, 0.3) is 0 Å². The molecule has 3 aromatic carbocycles. The summed E-state index contributed by atoms with van der Waals surface area (Å²) in [5.41, 5.74) is 4.59. The Balaban J connectivity index is 1.95. The van der Waals surface area contributed by atoms with Crippen molar-refractivity contribution in [1.29, 1.82) is 0 Å². The molecule has 1 N–H and O–H groups in total. The topological polar surface area (TPSA) is 74.7 Å². The number of carboxylic acid groups (broad SMARTS) is 1. The summed E-state index contributed by atoms with van der Waals surface area (Å²) in [5, 5.41) is 10.1. The second kappa shape index (κ2) is 9.80. The second-order valence-corrected chi connectivity index (χ2v) is 11.3. The zero-order valence-electron chi connectivity index (χ0n) is 20.5. The Bertz CT molecular complexity index is 1360. The highest BCUT2D eigenvalue weighted by Gasteiger charge is 2.44. The van der Waals surface area contributed by atoms with E-state index in [1.54, 1.807) is 36.4 Å². The molecule has 0 unspecified atom stereocenters. The lowest BCUT2D eigenvalue weighted by Gasteiger charge is -2.40. The molecule has 0 bridgehead atoms. The Morgan fingerprint density at radius 2 is 1.57 bits per heavy atom. The first-order valence-electron chi connectivity index (χ1n) is 11.8. The molecular weight excluding hydrogens is 458 g/mol. The van der Waals surface area contributed by atoms with E-state index < -0.39 is 28.1 Å². The fraction of sp³-hybridized carbons (Fsp3) is 0.276. The number of sulfonamides is 1. The average molecular weight is 490 g/mol. The molecule has 5 nitrogen and oxygen atoms in total. The van der Waals surface area contributed by atoms with Gasteiger partial charge < -0.3 is 5.11 Å². The molecule has 0 aromatic heterocycles. The highest BCUT2D eigenvalue weighted by Crippen LogP contribution is 2.46. The molecule has 0 amide bonds. The van der Waals surface area contributed by atoms with Crippen molar-refractivity contribution in [3.63, 3.8) is 0 Å². The van der Waals surface area contributed by atoms with Crippen molar-refractivity contribution in [2.24, 2.45) is 0 Å². The first-order chi connectivity index (χ1) is 16.6. The van der Waals surface area contributed by atoms with Crippen LogP contribution in [0.15, 0.2) is 89.3 Å². The van der Waals surface area contributed by atoms with Crippen molar-refractivity contribution >= 4 is 16.0 Å². The van der Waals surface area contributed by atoms with Crippen molar-refractivity contribution in [2.45, 2.75) is 57.0 Å². The summed E-state index contributed by atoms with van der Waals surface area (Å²) in [6, 6.07) is 20.6. The van der Waals surface area contributed by atoms with Crippen LogP contribution in [0.3, 0.4) is 0 Å². The van der Waals surface area contributed by atoms with Crippen molar-refractivity contribution in [2.75, 3.05) is 0 Å². The molecule has 3 aromatic rings. The van der Waals surface area contributed by atoms with Gasteiger partial charge in [-0.05, 0) is 55.0 Å². The van der Waals surface area contributed by atoms with E-state index in [0.717, 1.165) is 22.3 Å². The Hall–Kier alpha value is -3.22. The molecule has 0 aliphatic carbocycles. The van der Waals surface area contributed by atoms with E-state index in [9.17, 15) is 18.3 Å². The summed E-state index contributed by atoms with van der Waals surface area (Å²) in [4.78, 5) is 12.5. The van der Waals surface area contributed by atoms with Gasteiger partial charge in [0.1, 0.15) is 0 Å². The summed E-state index contributed by atoms with van der Waals surface area (Å²) < 4.78 is 29.8. The second-order valence-electron chi connectivity index (χ2n) is 9.50. The predicted molar refractivity (Wildman–Crippen MR) is 138 cm³/mol. The van der Waals surface area contributed by atoms with Crippen LogP contribution in [-0.4, -0.2) is 23.8 Å². The van der Waals surface area contributed by atoms with Crippen molar-refractivity contribution < 1.29 is 18.3 Å². The summed E-state index contributed by atoms with van der Waals surface area (Å²) >= 11 is 0. The van der Waals surface area contributed by atoms with Gasteiger partial charge >= 0.3 is 5.97 Å². The molecule has 1 aliphatic heterocycles. The number of aryl methyl sites for hydroxylation is 2. The van der Waals surface area contributed by atoms with E-state index in [-0.39, 0.29) is 16.9 Å². The lowest BCUT2D eigenvalue weighted by atomic mass is 9.88. The Morgan fingerprint density at radius 3 is 2.14 bits per heavy atom. The normalized spacial score (nSPS) is 18.9. The summed E-state index contributed by atoms with van der Waals surface area (Å²) in [5.74, 6) is -0.768. The third kappa shape index (κ3) is 4.95. The fourth-order valence-electron chi connectivity index (χ4n) is 4.67. The number of rotatable bonds is 6. The molecule has 1 heterocycles. The number of hydrogen-bond donors (Lipinski definition) is 1. The van der Waals surface area contributed by atoms with E-state index in [1.807, 2.05) is 56.3 Å². The van der Waals surface area contributed by atoms with E-state index in [2.05, 4.69) is 13.8 Å². The number of carbonyl (C=O) groups is 1. The molecule has 0 radical (unpaired) electrons. The van der Waals surface area contributed by atoms with Gasteiger partial charge in [0.15, 0.2) is 0 Å². The largest absolute Gasteiger partial charge is 0.478 e. The lowest BCUT2D eigenvalue weighted by Crippen LogP contribution is -2.42. The van der Waals surface area contributed by atoms with E-state index >= 15 is 0 Å². The molecule has 2 atom stereocenters. The first-order valence-corrected chi connectivity index (χ1v) is 13.2. The summed E-state index contributed by atoms with van der Waals surface area (Å²) in [6.07, 6.45) is 1.95. The number of aliphatic carboxylic acids is 1. The van der Waals surface area contributed by atoms with Gasteiger partial charge in [0.25, 0.3) is 0 Å². The highest BCUT2D eigenvalue weighted by atomic mass is 32.2. The Kier molecular flexibility index (Phi) is 6.97. The van der Waals surface area contributed by atoms with Crippen LogP contribution in [0, 0.1) is 13.8 Å². The standard InChI is InChI=1S/C29H31NO4S/c1-19(2)22-10-12-23(13-11-22)27-17-16-26(29(31)32)28(24-7-5-6-21(4)18-24)30(27)35(33,34)25-14-8-20(3)9-15-25/h5-16,18-19,27-28H,17H2,1-4H3,(H,31,32)/t27-,28-/m0/s1. The van der Waals surface area contributed by atoms with Gasteiger partial charge in [-0.15, -0.1) is 0 Å². The predicted octanol–water partition coefficient (Wildman–Crippen LogP) is 6.31. The molecule has 0 saturated carbocycles. The van der Waals surface area contributed by atoms with Crippen LogP contribution in [0.1, 0.15) is 66.1 Å². The quantitative estimate of drug-likeness (QED) is 0.440. The molecule has 4 rings (SSSR count). The molecule has 1 aliphatic rings. The van der Waals surface area contributed by atoms with Crippen LogP contribution < -0.4 is 0 Å². The summed E-state index contributed by atoms with van der Waals surface area (Å²) in [6.45, 7) is 8.04. The Labute approximate surface area is 207 Å². The zero-order chi connectivity index (χ0) is 25.3. The summed E-state index contributed by atoms with van der Waals surface area (Å²) in [7, 11) is -4.05. The van der Waals surface area contributed by atoms with Crippen molar-refractivity contribution in [3.05, 3.63) is 112 Å². The van der Waals surface area contributed by atoms with Crippen molar-refractivity contribution in [1.82, 2.24) is 4.31 Å². The maximum Gasteiger partial charge on any atom is 0.333 e. The zero-order valence-corrected chi connectivity index (χ0v) is 21.3. The fourth-order valence-corrected chi connectivity index (χ4v) is 6.45. The monoisotopic (exact) mass is 489 g/mol. The highest BCUT2D eigenvalue weighted by molar-refractivity contribution is 7.89. The molecule has 6 heteroatoms. The van der Waals surface area contributed by atoms with Gasteiger partial charge in [-0.3, -0.25) is 0 Å². The molecule has 0 spiro atoms. The van der Waals surface area contributed by atoms with Crippen LogP contribution in [0.4, 0.5) is 0 Å². The van der Waals surface area contributed by atoms with Crippen LogP contribution in [0.2, 0.25) is 0 Å². The van der Waals surface area contributed by atoms with E-state index in [1.165, 1.54) is 4.31 Å². The molecule has 0 fully saturated rings. The van der Waals surface area contributed by atoms with Gasteiger partial charge in [0.2, 0.25) is 10.0 Å². The molecular formula is C29H31NO4S. The van der Waals surface area contributed by atoms with Gasteiger partial charge in [-0.1, -0.05) is 91.7 Å². The SMILES string of the molecule is Cc1ccc(S(=O)(=O)N2[C@@H](c3cccc(C)c3)C(C(=O)O)=CC[C@H]2c2ccc(C(C)C)cc2)cc1. The third-order valence-corrected chi connectivity index (χ3v) is 8.49. The van der Waals surface area contributed by atoms with Crippen LogP contribution >= 0.6 is 0 Å². The molecule has 182 valence electrons. The van der Waals surface area contributed by atoms with E-state index in [0.29, 0.717) is 11.5 Å². The third-order valence-electron chi connectivity index (χ3n) is 6.61. The first kappa shape index (κ1) is 24.9. The number of nitrogens with zero attached hydrogens (tertiary/aromatic N) is 1. The number of benzene rings is 3. The minimum absolute atomic E-state index is 0.0707.